The Bertz CT molecular complexity index is 478. The quantitative estimate of drug-likeness (QED) is 0.685. The lowest BCUT2D eigenvalue weighted by molar-refractivity contribution is 0.0698. The number of carboxylic acid groups (broad SMARTS) is 1. The maximum absolute atomic E-state index is 10.7. The van der Waals surface area contributed by atoms with Crippen molar-refractivity contribution in [2.24, 2.45) is 0 Å². The van der Waals surface area contributed by atoms with Gasteiger partial charge in [0.05, 0.1) is 11.1 Å². The number of aromatic nitrogens is 2. The first-order valence-electron chi connectivity index (χ1n) is 3.55. The van der Waals surface area contributed by atoms with Crippen LogP contribution in [0.2, 0.25) is 5.15 Å². The molecular formula is C8H5ClN2O2. The number of hydrogen-bond donors (Lipinski definition) is 2. The third-order valence-electron chi connectivity index (χ3n) is 1.78. The number of carboxylic acids is 1. The second kappa shape index (κ2) is 2.74. The fraction of sp³-hybridized carbons (Fsp3) is 0. The average Bonchev–Trinajstić information content (AvgIpc) is 2.53. The Labute approximate surface area is 78.2 Å². The number of halogens is 1. The smallest absolute Gasteiger partial charge is 0.337 e. The van der Waals surface area contributed by atoms with Crippen LogP contribution in [-0.4, -0.2) is 21.0 Å². The zero-order chi connectivity index (χ0) is 9.42. The number of nitrogens with zero attached hydrogens (tertiary/aromatic N) is 1. The van der Waals surface area contributed by atoms with E-state index in [4.69, 9.17) is 16.7 Å². The minimum atomic E-state index is -1.01. The van der Waals surface area contributed by atoms with Gasteiger partial charge >= 0.3 is 5.97 Å². The van der Waals surface area contributed by atoms with Gasteiger partial charge in [-0.15, -0.1) is 0 Å². The van der Waals surface area contributed by atoms with Gasteiger partial charge < -0.3 is 10.1 Å². The highest BCUT2D eigenvalue weighted by Crippen LogP contribution is 2.22. The molecule has 0 aromatic carbocycles. The van der Waals surface area contributed by atoms with Gasteiger partial charge in [0.2, 0.25) is 0 Å². The molecule has 2 rings (SSSR count). The van der Waals surface area contributed by atoms with Crippen LogP contribution in [0.4, 0.5) is 0 Å². The summed E-state index contributed by atoms with van der Waals surface area (Å²) in [7, 11) is 0. The van der Waals surface area contributed by atoms with Crippen LogP contribution >= 0.6 is 11.6 Å². The summed E-state index contributed by atoms with van der Waals surface area (Å²) in [4.78, 5) is 17.3. The predicted octanol–water partition coefficient (Wildman–Crippen LogP) is 1.91. The lowest BCUT2D eigenvalue weighted by atomic mass is 10.2. The summed E-state index contributed by atoms with van der Waals surface area (Å²) in [5, 5.41) is 9.65. The van der Waals surface area contributed by atoms with E-state index in [-0.39, 0.29) is 10.7 Å². The van der Waals surface area contributed by atoms with Crippen molar-refractivity contribution in [2.75, 3.05) is 0 Å². The molecule has 0 spiro atoms. The maximum Gasteiger partial charge on any atom is 0.337 e. The molecule has 4 nitrogen and oxygen atoms in total. The van der Waals surface area contributed by atoms with E-state index in [0.29, 0.717) is 10.9 Å². The molecule has 2 N–H and O–H groups in total. The molecule has 0 aliphatic rings. The van der Waals surface area contributed by atoms with E-state index in [1.165, 1.54) is 6.20 Å². The van der Waals surface area contributed by atoms with E-state index < -0.39 is 5.97 Å². The number of hydrogen-bond acceptors (Lipinski definition) is 2. The van der Waals surface area contributed by atoms with Crippen molar-refractivity contribution >= 4 is 28.5 Å². The summed E-state index contributed by atoms with van der Waals surface area (Å²) in [6.45, 7) is 0. The monoisotopic (exact) mass is 196 g/mol. The van der Waals surface area contributed by atoms with Crippen LogP contribution in [0.5, 0.6) is 0 Å². The third-order valence-corrected chi connectivity index (χ3v) is 2.07. The van der Waals surface area contributed by atoms with Gasteiger partial charge in [-0.2, -0.15) is 0 Å². The lowest BCUT2D eigenvalue weighted by Gasteiger charge is -1.97. The maximum atomic E-state index is 10.7. The number of H-pyrrole nitrogens is 1. The van der Waals surface area contributed by atoms with Gasteiger partial charge in [-0.1, -0.05) is 11.6 Å². The SMILES string of the molecule is O=C(O)c1cnc(Cl)c2[nH]ccc12. The minimum absolute atomic E-state index is 0.153. The molecule has 0 aliphatic carbocycles. The van der Waals surface area contributed by atoms with E-state index >= 15 is 0 Å². The van der Waals surface area contributed by atoms with Gasteiger partial charge in [0.15, 0.2) is 5.15 Å². The number of carbonyl (C=O) groups is 1. The Kier molecular flexibility index (Phi) is 1.70. The Balaban J connectivity index is 2.86. The Hall–Kier alpha value is -1.55. The van der Waals surface area contributed by atoms with Crippen LogP contribution in [0.25, 0.3) is 10.9 Å². The van der Waals surface area contributed by atoms with Crippen molar-refractivity contribution in [3.8, 4) is 0 Å². The van der Waals surface area contributed by atoms with Gasteiger partial charge in [-0.25, -0.2) is 9.78 Å². The molecule has 2 aromatic heterocycles. The molecule has 0 atom stereocenters. The van der Waals surface area contributed by atoms with Gasteiger partial charge in [-0.3, -0.25) is 0 Å². The zero-order valence-electron chi connectivity index (χ0n) is 6.41. The van der Waals surface area contributed by atoms with Crippen LogP contribution < -0.4 is 0 Å². The van der Waals surface area contributed by atoms with Crippen LogP contribution in [0.3, 0.4) is 0 Å². The second-order valence-corrected chi connectivity index (χ2v) is 2.89. The first kappa shape index (κ1) is 8.07. The first-order chi connectivity index (χ1) is 6.20. The van der Waals surface area contributed by atoms with Crippen molar-refractivity contribution in [3.05, 3.63) is 29.2 Å². The molecule has 2 aromatic rings. The van der Waals surface area contributed by atoms with E-state index in [2.05, 4.69) is 9.97 Å². The van der Waals surface area contributed by atoms with Crippen molar-refractivity contribution in [1.82, 2.24) is 9.97 Å². The number of aromatic carboxylic acids is 1. The van der Waals surface area contributed by atoms with Gasteiger partial charge in [-0.05, 0) is 6.07 Å². The molecule has 2 heterocycles. The van der Waals surface area contributed by atoms with Gasteiger partial charge in [0.1, 0.15) is 0 Å². The van der Waals surface area contributed by atoms with Gasteiger partial charge in [0, 0.05) is 17.8 Å². The molecule has 0 unspecified atom stereocenters. The fourth-order valence-electron chi connectivity index (χ4n) is 1.19. The molecule has 0 aliphatic heterocycles. The van der Waals surface area contributed by atoms with E-state index in [1.807, 2.05) is 0 Å². The zero-order valence-corrected chi connectivity index (χ0v) is 7.17. The molecule has 0 radical (unpaired) electrons. The molecule has 13 heavy (non-hydrogen) atoms. The minimum Gasteiger partial charge on any atom is -0.478 e. The molecular weight excluding hydrogens is 192 g/mol. The highest BCUT2D eigenvalue weighted by molar-refractivity contribution is 6.34. The largest absolute Gasteiger partial charge is 0.478 e. The summed E-state index contributed by atoms with van der Waals surface area (Å²) in [6, 6.07) is 1.66. The number of aromatic amines is 1. The Morgan fingerprint density at radius 1 is 1.62 bits per heavy atom. The Morgan fingerprint density at radius 3 is 3.08 bits per heavy atom. The van der Waals surface area contributed by atoms with Crippen molar-refractivity contribution in [2.45, 2.75) is 0 Å². The van der Waals surface area contributed by atoms with Gasteiger partial charge in [0.25, 0.3) is 0 Å². The van der Waals surface area contributed by atoms with Crippen LogP contribution in [0.1, 0.15) is 10.4 Å². The summed E-state index contributed by atoms with van der Waals surface area (Å²) in [5.41, 5.74) is 0.710. The fourth-order valence-corrected chi connectivity index (χ4v) is 1.40. The summed E-state index contributed by atoms with van der Waals surface area (Å²) in [6.07, 6.45) is 2.88. The average molecular weight is 197 g/mol. The summed E-state index contributed by atoms with van der Waals surface area (Å²) >= 11 is 5.74. The normalized spacial score (nSPS) is 10.5. The molecule has 5 heteroatoms. The van der Waals surface area contributed by atoms with Crippen molar-refractivity contribution in [3.63, 3.8) is 0 Å². The predicted molar refractivity (Wildman–Crippen MR) is 48.1 cm³/mol. The second-order valence-electron chi connectivity index (χ2n) is 2.53. The molecule has 0 fully saturated rings. The van der Waals surface area contributed by atoms with Crippen LogP contribution in [0, 0.1) is 0 Å². The standard InChI is InChI=1S/C8H5ClN2O2/c9-7-6-4(1-2-10-6)5(3-11-7)8(12)13/h1-3,10H,(H,12,13). The highest BCUT2D eigenvalue weighted by Gasteiger charge is 2.11. The number of rotatable bonds is 1. The number of fused-ring (bicyclic) bond motifs is 1. The number of pyridine rings is 1. The summed E-state index contributed by atoms with van der Waals surface area (Å²) < 4.78 is 0. The molecule has 66 valence electrons. The first-order valence-corrected chi connectivity index (χ1v) is 3.93. The molecule has 0 saturated carbocycles. The van der Waals surface area contributed by atoms with Crippen molar-refractivity contribution in [1.29, 1.82) is 0 Å². The summed E-state index contributed by atoms with van der Waals surface area (Å²) in [5.74, 6) is -1.01. The molecule has 0 saturated heterocycles. The van der Waals surface area contributed by atoms with E-state index in [9.17, 15) is 4.79 Å². The van der Waals surface area contributed by atoms with Crippen LogP contribution in [-0.2, 0) is 0 Å². The number of nitrogens with one attached hydrogen (secondary N) is 1. The van der Waals surface area contributed by atoms with Crippen LogP contribution in [0.15, 0.2) is 18.5 Å². The lowest BCUT2D eigenvalue weighted by Crippen LogP contribution is -1.97. The topological polar surface area (TPSA) is 66.0 Å². The van der Waals surface area contributed by atoms with E-state index in [0.717, 1.165) is 0 Å². The Morgan fingerprint density at radius 2 is 2.38 bits per heavy atom. The van der Waals surface area contributed by atoms with Crippen molar-refractivity contribution < 1.29 is 9.90 Å². The highest BCUT2D eigenvalue weighted by atomic mass is 35.5. The molecule has 0 amide bonds. The third kappa shape index (κ3) is 1.15. The van der Waals surface area contributed by atoms with E-state index in [1.54, 1.807) is 12.3 Å². The molecule has 0 bridgehead atoms.